The largest absolute Gasteiger partial charge is 0.497 e. The predicted molar refractivity (Wildman–Crippen MR) is 114 cm³/mol. The number of ether oxygens (including phenoxy) is 1. The quantitative estimate of drug-likeness (QED) is 0.789. The first-order valence-corrected chi connectivity index (χ1v) is 10.5. The molecule has 2 aromatic rings. The van der Waals surface area contributed by atoms with Gasteiger partial charge in [0, 0.05) is 25.0 Å². The van der Waals surface area contributed by atoms with Gasteiger partial charge >= 0.3 is 0 Å². The molecular weight excluding hydrogens is 346 g/mol. The highest BCUT2D eigenvalue weighted by Crippen LogP contribution is 2.49. The van der Waals surface area contributed by atoms with Gasteiger partial charge in [0.2, 0.25) is 0 Å². The molecule has 1 aliphatic carbocycles. The average Bonchev–Trinajstić information content (AvgIpc) is 2.74. The number of hydrogen-bond acceptors (Lipinski definition) is 3. The summed E-state index contributed by atoms with van der Waals surface area (Å²) in [7, 11) is 1.70. The maximum absolute atomic E-state index is 11.4. The van der Waals surface area contributed by atoms with Crippen molar-refractivity contribution in [2.45, 2.75) is 43.7 Å². The van der Waals surface area contributed by atoms with Gasteiger partial charge in [-0.15, -0.1) is 0 Å². The van der Waals surface area contributed by atoms with Gasteiger partial charge in [-0.05, 0) is 42.5 Å². The van der Waals surface area contributed by atoms with Gasteiger partial charge in [-0.2, -0.15) is 0 Å². The first-order valence-electron chi connectivity index (χ1n) is 10.5. The number of aliphatic hydroxyl groups is 1. The van der Waals surface area contributed by atoms with E-state index in [2.05, 4.69) is 53.5 Å². The predicted octanol–water partition coefficient (Wildman–Crippen LogP) is 5.08. The Bertz CT molecular complexity index is 786. The Labute approximate surface area is 168 Å². The molecule has 1 N–H and O–H groups in total. The van der Waals surface area contributed by atoms with Gasteiger partial charge in [-0.25, -0.2) is 0 Å². The lowest BCUT2D eigenvalue weighted by Crippen LogP contribution is -2.54. The number of fused-ring (bicyclic) bond motifs is 1. The van der Waals surface area contributed by atoms with Crippen LogP contribution in [-0.2, 0) is 0 Å². The van der Waals surface area contributed by atoms with E-state index < -0.39 is 5.60 Å². The minimum absolute atomic E-state index is 0.255. The molecule has 0 radical (unpaired) electrons. The number of hydrogen-bond donors (Lipinski definition) is 1. The van der Waals surface area contributed by atoms with E-state index in [1.54, 1.807) is 7.11 Å². The maximum Gasteiger partial charge on any atom is 0.118 e. The third-order valence-corrected chi connectivity index (χ3v) is 6.58. The average molecular weight is 378 g/mol. The second-order valence-corrected chi connectivity index (χ2v) is 8.23. The minimum atomic E-state index is -0.511. The van der Waals surface area contributed by atoms with Crippen molar-refractivity contribution in [3.8, 4) is 5.75 Å². The van der Waals surface area contributed by atoms with Crippen molar-refractivity contribution in [3.63, 3.8) is 0 Å². The molecule has 1 aliphatic heterocycles. The van der Waals surface area contributed by atoms with Crippen molar-refractivity contribution in [3.05, 3.63) is 71.8 Å². The molecule has 2 aliphatic rings. The molecule has 1 heterocycles. The third kappa shape index (κ3) is 4.01. The van der Waals surface area contributed by atoms with E-state index in [1.165, 1.54) is 17.5 Å². The van der Waals surface area contributed by atoms with Crippen molar-refractivity contribution in [2.75, 3.05) is 20.2 Å². The summed E-state index contributed by atoms with van der Waals surface area (Å²) >= 11 is 0. The van der Waals surface area contributed by atoms with E-state index >= 15 is 0 Å². The second kappa shape index (κ2) is 8.50. The van der Waals surface area contributed by atoms with Crippen LogP contribution in [0.1, 0.15) is 49.3 Å². The molecule has 0 bridgehead atoms. The Morgan fingerprint density at radius 3 is 2.61 bits per heavy atom. The van der Waals surface area contributed by atoms with Crippen LogP contribution in [-0.4, -0.2) is 35.8 Å². The zero-order valence-electron chi connectivity index (χ0n) is 16.8. The lowest BCUT2D eigenvalue weighted by atomic mass is 9.66. The summed E-state index contributed by atoms with van der Waals surface area (Å²) in [4.78, 5) is 2.55. The van der Waals surface area contributed by atoms with Crippen molar-refractivity contribution >= 4 is 6.08 Å². The fourth-order valence-corrected chi connectivity index (χ4v) is 5.08. The van der Waals surface area contributed by atoms with Gasteiger partial charge in [-0.3, -0.25) is 4.90 Å². The van der Waals surface area contributed by atoms with Crippen molar-refractivity contribution in [1.29, 1.82) is 0 Å². The highest BCUT2D eigenvalue weighted by molar-refractivity contribution is 5.48. The number of nitrogens with zero attached hydrogens (tertiary/aromatic N) is 1. The minimum Gasteiger partial charge on any atom is -0.497 e. The van der Waals surface area contributed by atoms with Gasteiger partial charge in [0.05, 0.1) is 12.7 Å². The molecule has 2 aromatic carbocycles. The first-order chi connectivity index (χ1) is 13.7. The standard InChI is InChI=1S/C25H31NO2/c1-28-22-14-12-21(13-15-22)24-23-11-5-6-16-25(23,27)17-19-26(24)18-7-10-20-8-3-2-4-9-20/h2-4,7-10,12-15,23-24,27H,5-6,11,16-19H2,1H3/t23-,24+,25+/m1/s1. The molecule has 1 saturated heterocycles. The van der Waals surface area contributed by atoms with Crippen molar-refractivity contribution in [1.82, 2.24) is 4.90 Å². The van der Waals surface area contributed by atoms with Crippen LogP contribution in [0.4, 0.5) is 0 Å². The van der Waals surface area contributed by atoms with Crippen LogP contribution in [0.25, 0.3) is 6.08 Å². The molecule has 0 spiro atoms. The van der Waals surface area contributed by atoms with Crippen LogP contribution in [0.15, 0.2) is 60.7 Å². The summed E-state index contributed by atoms with van der Waals surface area (Å²) in [6.07, 6.45) is 9.75. The molecule has 3 nitrogen and oxygen atoms in total. The van der Waals surface area contributed by atoms with Gasteiger partial charge in [0.25, 0.3) is 0 Å². The number of piperidine rings is 1. The lowest BCUT2D eigenvalue weighted by molar-refractivity contribution is -0.122. The molecule has 3 heteroatoms. The molecule has 1 saturated carbocycles. The molecule has 0 unspecified atom stereocenters. The Balaban J connectivity index is 1.58. The van der Waals surface area contributed by atoms with Gasteiger partial charge in [0.1, 0.15) is 5.75 Å². The van der Waals surface area contributed by atoms with Crippen LogP contribution < -0.4 is 4.74 Å². The van der Waals surface area contributed by atoms with E-state index in [0.717, 1.165) is 44.5 Å². The fourth-order valence-electron chi connectivity index (χ4n) is 5.08. The molecule has 0 amide bonds. The zero-order chi connectivity index (χ0) is 19.4. The van der Waals surface area contributed by atoms with E-state index in [9.17, 15) is 5.11 Å². The SMILES string of the molecule is COc1ccc([C@H]2[C@H]3CCCC[C@]3(O)CCN2CC=Cc2ccccc2)cc1. The molecule has 28 heavy (non-hydrogen) atoms. The topological polar surface area (TPSA) is 32.7 Å². The lowest BCUT2D eigenvalue weighted by Gasteiger charge is -2.52. The highest BCUT2D eigenvalue weighted by atomic mass is 16.5. The summed E-state index contributed by atoms with van der Waals surface area (Å²) in [6.45, 7) is 1.83. The van der Waals surface area contributed by atoms with Gasteiger partial charge < -0.3 is 9.84 Å². The number of rotatable bonds is 5. The van der Waals surface area contributed by atoms with Gasteiger partial charge in [0.15, 0.2) is 0 Å². The molecule has 0 aromatic heterocycles. The Hall–Kier alpha value is -2.10. The molecule has 4 rings (SSSR count). The summed E-state index contributed by atoms with van der Waals surface area (Å²) in [5.41, 5.74) is 2.01. The number of likely N-dealkylation sites (tertiary alicyclic amines) is 1. The number of methoxy groups -OCH3 is 1. The van der Waals surface area contributed by atoms with E-state index in [0.29, 0.717) is 5.92 Å². The third-order valence-electron chi connectivity index (χ3n) is 6.58. The summed E-state index contributed by atoms with van der Waals surface area (Å²) in [5, 5.41) is 11.4. The molecular formula is C25H31NO2. The summed E-state index contributed by atoms with van der Waals surface area (Å²) < 4.78 is 5.35. The fraction of sp³-hybridized carbons (Fsp3) is 0.440. The van der Waals surface area contributed by atoms with Crippen LogP contribution >= 0.6 is 0 Å². The maximum atomic E-state index is 11.4. The first kappa shape index (κ1) is 19.2. The van der Waals surface area contributed by atoms with Crippen molar-refractivity contribution < 1.29 is 9.84 Å². The Morgan fingerprint density at radius 1 is 1.07 bits per heavy atom. The summed E-state index contributed by atoms with van der Waals surface area (Å²) in [5.74, 6) is 1.18. The smallest absolute Gasteiger partial charge is 0.118 e. The Morgan fingerprint density at radius 2 is 1.86 bits per heavy atom. The van der Waals surface area contributed by atoms with Crippen LogP contribution in [0.3, 0.4) is 0 Å². The number of benzene rings is 2. The Kier molecular flexibility index (Phi) is 5.84. The van der Waals surface area contributed by atoms with E-state index in [-0.39, 0.29) is 6.04 Å². The summed E-state index contributed by atoms with van der Waals surface area (Å²) in [6, 6.07) is 19.2. The highest BCUT2D eigenvalue weighted by Gasteiger charge is 2.48. The van der Waals surface area contributed by atoms with E-state index in [1.807, 2.05) is 18.2 Å². The monoisotopic (exact) mass is 377 g/mol. The van der Waals surface area contributed by atoms with Gasteiger partial charge in [-0.1, -0.05) is 67.5 Å². The van der Waals surface area contributed by atoms with Crippen LogP contribution in [0.5, 0.6) is 5.75 Å². The van der Waals surface area contributed by atoms with E-state index in [4.69, 9.17) is 4.74 Å². The zero-order valence-corrected chi connectivity index (χ0v) is 16.8. The van der Waals surface area contributed by atoms with Crippen LogP contribution in [0, 0.1) is 5.92 Å². The second-order valence-electron chi connectivity index (χ2n) is 8.23. The van der Waals surface area contributed by atoms with Crippen LogP contribution in [0.2, 0.25) is 0 Å². The van der Waals surface area contributed by atoms with Crippen molar-refractivity contribution in [2.24, 2.45) is 5.92 Å². The molecule has 3 atom stereocenters. The molecule has 148 valence electrons. The molecule has 2 fully saturated rings. The normalized spacial score (nSPS) is 28.2.